The number of hydrogen-bond acceptors (Lipinski definition) is 4. The molecule has 4 atom stereocenters. The summed E-state index contributed by atoms with van der Waals surface area (Å²) >= 11 is 0. The van der Waals surface area contributed by atoms with Crippen LogP contribution in [0.2, 0.25) is 0 Å². The summed E-state index contributed by atoms with van der Waals surface area (Å²) in [6.07, 6.45) is 8.39. The van der Waals surface area contributed by atoms with Gasteiger partial charge in [0.05, 0.1) is 42.6 Å². The van der Waals surface area contributed by atoms with Crippen LogP contribution in [0.3, 0.4) is 0 Å². The highest BCUT2D eigenvalue weighted by atomic mass is 16.3. The fourth-order valence-corrected chi connectivity index (χ4v) is 7.19. The van der Waals surface area contributed by atoms with E-state index in [1.165, 1.54) is 6.42 Å². The molecule has 1 aromatic rings. The lowest BCUT2D eigenvalue weighted by atomic mass is 9.42. The van der Waals surface area contributed by atoms with E-state index < -0.39 is 5.60 Å². The minimum absolute atomic E-state index is 0.0553. The zero-order valence-electron chi connectivity index (χ0n) is 15.6. The Morgan fingerprint density at radius 1 is 1.27 bits per heavy atom. The van der Waals surface area contributed by atoms with Crippen molar-refractivity contribution < 1.29 is 15.0 Å². The number of rotatable bonds is 4. The average Bonchev–Trinajstić information content (AvgIpc) is 3.14. The average molecular weight is 359 g/mol. The molecule has 4 fully saturated rings. The van der Waals surface area contributed by atoms with Crippen molar-refractivity contribution in [1.82, 2.24) is 14.7 Å². The third-order valence-electron chi connectivity index (χ3n) is 7.69. The SMILES string of the molecule is CC[C@]12C[C@@H]3C[C@@](O)(C1)C[C@@](C(=O)N1Cc4cnn(CCO)c4C1)(C3)C2. The van der Waals surface area contributed by atoms with E-state index in [2.05, 4.69) is 12.0 Å². The molecule has 0 saturated heterocycles. The zero-order valence-corrected chi connectivity index (χ0v) is 15.6. The molecule has 26 heavy (non-hydrogen) atoms. The minimum atomic E-state index is -0.634. The predicted octanol–water partition coefficient (Wildman–Crippen LogP) is 1.83. The quantitative estimate of drug-likeness (QED) is 0.860. The molecule has 0 aromatic carbocycles. The smallest absolute Gasteiger partial charge is 0.229 e. The predicted molar refractivity (Wildman–Crippen MR) is 94.9 cm³/mol. The van der Waals surface area contributed by atoms with E-state index in [4.69, 9.17) is 0 Å². The summed E-state index contributed by atoms with van der Waals surface area (Å²) < 4.78 is 1.82. The Kier molecular flexibility index (Phi) is 3.43. The van der Waals surface area contributed by atoms with Gasteiger partial charge in [-0.25, -0.2) is 0 Å². The van der Waals surface area contributed by atoms with E-state index >= 15 is 0 Å². The number of nitrogens with zero attached hydrogens (tertiary/aromatic N) is 3. The number of aliphatic hydroxyl groups excluding tert-OH is 1. The Morgan fingerprint density at radius 3 is 2.85 bits per heavy atom. The first-order chi connectivity index (χ1) is 12.4. The van der Waals surface area contributed by atoms with Crippen LogP contribution in [0, 0.1) is 16.7 Å². The molecule has 0 spiro atoms. The fraction of sp³-hybridized carbons (Fsp3) is 0.800. The van der Waals surface area contributed by atoms with Gasteiger partial charge in [-0.3, -0.25) is 9.48 Å². The van der Waals surface area contributed by atoms with Crippen molar-refractivity contribution in [2.45, 2.75) is 77.1 Å². The van der Waals surface area contributed by atoms with Crippen molar-refractivity contribution in [2.24, 2.45) is 16.7 Å². The summed E-state index contributed by atoms with van der Waals surface area (Å²) in [6.45, 7) is 3.95. The Morgan fingerprint density at radius 2 is 2.12 bits per heavy atom. The van der Waals surface area contributed by atoms with Crippen LogP contribution >= 0.6 is 0 Å². The van der Waals surface area contributed by atoms with E-state index in [-0.39, 0.29) is 23.3 Å². The van der Waals surface area contributed by atoms with Crippen molar-refractivity contribution in [3.63, 3.8) is 0 Å². The molecule has 6 nitrogen and oxygen atoms in total. The van der Waals surface area contributed by atoms with E-state index in [0.717, 1.165) is 43.4 Å². The topological polar surface area (TPSA) is 78.6 Å². The van der Waals surface area contributed by atoms with Crippen LogP contribution in [0.5, 0.6) is 0 Å². The maximum Gasteiger partial charge on any atom is 0.229 e. The van der Waals surface area contributed by atoms with Crippen LogP contribution in [0.1, 0.15) is 63.1 Å². The number of aromatic nitrogens is 2. The number of carbonyl (C=O) groups excluding carboxylic acids is 1. The highest BCUT2D eigenvalue weighted by Crippen LogP contribution is 2.68. The Hall–Kier alpha value is -1.40. The van der Waals surface area contributed by atoms with Gasteiger partial charge in [-0.05, 0) is 49.9 Å². The first-order valence-corrected chi connectivity index (χ1v) is 10.1. The zero-order chi connectivity index (χ0) is 18.2. The maximum atomic E-state index is 13.7. The van der Waals surface area contributed by atoms with Gasteiger partial charge in [0, 0.05) is 12.1 Å². The van der Waals surface area contributed by atoms with Crippen LogP contribution in [-0.4, -0.2) is 43.0 Å². The summed E-state index contributed by atoms with van der Waals surface area (Å²) in [6, 6.07) is 0. The maximum absolute atomic E-state index is 13.7. The number of aliphatic hydroxyl groups is 2. The fourth-order valence-electron chi connectivity index (χ4n) is 7.19. The molecule has 0 unspecified atom stereocenters. The lowest BCUT2D eigenvalue weighted by Crippen LogP contribution is -2.63. The second-order valence-electron chi connectivity index (χ2n) is 9.59. The normalized spacial score (nSPS) is 40.3. The summed E-state index contributed by atoms with van der Waals surface area (Å²) in [7, 11) is 0. The summed E-state index contributed by atoms with van der Waals surface area (Å²) in [5.74, 6) is 0.736. The summed E-state index contributed by atoms with van der Waals surface area (Å²) in [5, 5.41) is 24.7. The molecular formula is C20H29N3O3. The van der Waals surface area contributed by atoms with Gasteiger partial charge in [-0.15, -0.1) is 0 Å². The molecule has 4 bridgehead atoms. The standard InChI is InChI=1S/C20H29N3O3/c1-2-18-5-14-6-19(11-18,13-20(26,7-14)12-18)17(25)22-9-15-8-21-23(3-4-24)16(15)10-22/h8,14,24,26H,2-7,9-13H2,1H3/t14-,18+,19+,20+/m0/s1. The van der Waals surface area contributed by atoms with E-state index in [9.17, 15) is 15.0 Å². The molecule has 4 aliphatic carbocycles. The molecule has 6 rings (SSSR count). The van der Waals surface area contributed by atoms with E-state index in [1.807, 2.05) is 15.8 Å². The molecule has 2 N–H and O–H groups in total. The second-order valence-corrected chi connectivity index (χ2v) is 9.59. The summed E-state index contributed by atoms with van der Waals surface area (Å²) in [5.41, 5.74) is 1.31. The molecular weight excluding hydrogens is 330 g/mol. The van der Waals surface area contributed by atoms with Crippen LogP contribution in [-0.2, 0) is 24.4 Å². The molecule has 1 aliphatic heterocycles. The third-order valence-corrected chi connectivity index (χ3v) is 7.69. The number of amides is 1. The lowest BCUT2D eigenvalue weighted by molar-refractivity contribution is -0.210. The monoisotopic (exact) mass is 359 g/mol. The Labute approximate surface area is 154 Å². The van der Waals surface area contributed by atoms with Crippen LogP contribution in [0.15, 0.2) is 6.20 Å². The van der Waals surface area contributed by atoms with Gasteiger partial charge in [0.25, 0.3) is 0 Å². The van der Waals surface area contributed by atoms with Crippen molar-refractivity contribution in [3.8, 4) is 0 Å². The highest BCUT2D eigenvalue weighted by Gasteiger charge is 2.65. The largest absolute Gasteiger partial charge is 0.394 e. The van der Waals surface area contributed by atoms with Crippen molar-refractivity contribution >= 4 is 5.91 Å². The summed E-state index contributed by atoms with van der Waals surface area (Å²) in [4.78, 5) is 15.6. The van der Waals surface area contributed by atoms with Gasteiger partial charge in [-0.1, -0.05) is 13.3 Å². The second kappa shape index (κ2) is 5.32. The van der Waals surface area contributed by atoms with Crippen LogP contribution in [0.25, 0.3) is 0 Å². The van der Waals surface area contributed by atoms with Gasteiger partial charge < -0.3 is 15.1 Å². The molecule has 2 heterocycles. The van der Waals surface area contributed by atoms with Crippen molar-refractivity contribution in [1.29, 1.82) is 0 Å². The molecule has 6 heteroatoms. The Bertz CT molecular complexity index is 761. The number of hydrogen-bond donors (Lipinski definition) is 2. The van der Waals surface area contributed by atoms with Gasteiger partial charge in [0.1, 0.15) is 0 Å². The van der Waals surface area contributed by atoms with Crippen LogP contribution < -0.4 is 0 Å². The van der Waals surface area contributed by atoms with E-state index in [1.54, 1.807) is 0 Å². The molecule has 5 aliphatic rings. The molecule has 0 radical (unpaired) electrons. The highest BCUT2D eigenvalue weighted by molar-refractivity contribution is 5.84. The van der Waals surface area contributed by atoms with Gasteiger partial charge in [0.2, 0.25) is 5.91 Å². The molecule has 1 amide bonds. The Balaban J connectivity index is 1.42. The first-order valence-electron chi connectivity index (χ1n) is 10.1. The number of carbonyl (C=O) groups is 1. The van der Waals surface area contributed by atoms with Gasteiger partial charge in [-0.2, -0.15) is 5.10 Å². The first kappa shape index (κ1) is 16.8. The van der Waals surface area contributed by atoms with Gasteiger partial charge >= 0.3 is 0 Å². The third kappa shape index (κ3) is 2.24. The van der Waals surface area contributed by atoms with Gasteiger partial charge in [0.15, 0.2) is 0 Å². The van der Waals surface area contributed by atoms with E-state index in [0.29, 0.717) is 32.0 Å². The number of fused-ring (bicyclic) bond motifs is 1. The molecule has 1 aromatic heterocycles. The lowest BCUT2D eigenvalue weighted by Gasteiger charge is -2.64. The van der Waals surface area contributed by atoms with Crippen molar-refractivity contribution in [2.75, 3.05) is 6.61 Å². The van der Waals surface area contributed by atoms with Crippen molar-refractivity contribution in [3.05, 3.63) is 17.5 Å². The minimum Gasteiger partial charge on any atom is -0.394 e. The van der Waals surface area contributed by atoms with Crippen LogP contribution in [0.4, 0.5) is 0 Å². The molecule has 142 valence electrons. The molecule has 4 saturated carbocycles.